The summed E-state index contributed by atoms with van der Waals surface area (Å²) in [7, 11) is 0. The summed E-state index contributed by atoms with van der Waals surface area (Å²) in [6.07, 6.45) is 4.41. The van der Waals surface area contributed by atoms with Gasteiger partial charge < -0.3 is 4.57 Å². The second-order valence-electron chi connectivity index (χ2n) is 5.84. The number of hydrogen-bond donors (Lipinski definition) is 0. The molecule has 1 aromatic carbocycles. The van der Waals surface area contributed by atoms with Crippen LogP contribution in [-0.4, -0.2) is 27.0 Å². The van der Waals surface area contributed by atoms with E-state index in [1.165, 1.54) is 0 Å². The predicted octanol–water partition coefficient (Wildman–Crippen LogP) is 2.87. The number of carbonyl (C=O) groups is 1. The first-order valence-electron chi connectivity index (χ1n) is 8.07. The summed E-state index contributed by atoms with van der Waals surface area (Å²) in [5.74, 6) is 0.476. The van der Waals surface area contributed by atoms with Gasteiger partial charge in [0.15, 0.2) is 0 Å². The highest BCUT2D eigenvalue weighted by Crippen LogP contribution is 2.27. The van der Waals surface area contributed by atoms with Gasteiger partial charge in [-0.25, -0.2) is 4.98 Å². The van der Waals surface area contributed by atoms with Crippen molar-refractivity contribution in [1.82, 2.24) is 14.5 Å². The fraction of sp³-hybridized carbons (Fsp3) is 0.158. The molecule has 3 heterocycles. The van der Waals surface area contributed by atoms with Crippen molar-refractivity contribution in [2.24, 2.45) is 0 Å². The molecule has 122 valence electrons. The van der Waals surface area contributed by atoms with Gasteiger partial charge in [-0.2, -0.15) is 5.26 Å². The molecule has 0 fully saturated rings. The third-order valence-corrected chi connectivity index (χ3v) is 4.19. The minimum absolute atomic E-state index is 0.149. The Bertz CT molecular complexity index is 971. The highest BCUT2D eigenvalue weighted by molar-refractivity contribution is 6.04. The van der Waals surface area contributed by atoms with Crippen molar-refractivity contribution in [2.75, 3.05) is 11.4 Å². The largest absolute Gasteiger partial charge is 0.316 e. The molecule has 0 saturated carbocycles. The maximum absolute atomic E-state index is 12.8. The number of hydrogen-bond acceptors (Lipinski definition) is 4. The van der Waals surface area contributed by atoms with Crippen molar-refractivity contribution in [3.63, 3.8) is 0 Å². The van der Waals surface area contributed by atoms with Gasteiger partial charge in [-0.3, -0.25) is 14.7 Å². The van der Waals surface area contributed by atoms with Gasteiger partial charge in [-0.1, -0.05) is 18.2 Å². The van der Waals surface area contributed by atoms with E-state index < -0.39 is 0 Å². The van der Waals surface area contributed by atoms with Gasteiger partial charge in [0.2, 0.25) is 5.95 Å². The molecule has 0 bridgehead atoms. The molecule has 1 aliphatic heterocycles. The zero-order chi connectivity index (χ0) is 17.2. The Balaban J connectivity index is 1.72. The molecule has 25 heavy (non-hydrogen) atoms. The fourth-order valence-electron chi connectivity index (χ4n) is 2.99. The number of carbonyl (C=O) groups excluding carboxylic acids is 1. The van der Waals surface area contributed by atoms with Crippen molar-refractivity contribution in [2.45, 2.75) is 13.0 Å². The quantitative estimate of drug-likeness (QED) is 0.724. The molecule has 6 heteroatoms. The average Bonchev–Trinajstić information content (AvgIpc) is 3.12. The lowest BCUT2D eigenvalue weighted by Crippen LogP contribution is -2.38. The van der Waals surface area contributed by atoms with Gasteiger partial charge in [-0.05, 0) is 30.7 Å². The van der Waals surface area contributed by atoms with E-state index in [0.29, 0.717) is 23.8 Å². The monoisotopic (exact) mass is 329 g/mol. The molecular formula is C19H15N5O. The van der Waals surface area contributed by atoms with E-state index in [0.717, 1.165) is 24.2 Å². The smallest absolute Gasteiger partial charge is 0.279 e. The number of pyridine rings is 1. The van der Waals surface area contributed by atoms with Crippen LogP contribution in [0.4, 0.5) is 5.95 Å². The Kier molecular flexibility index (Phi) is 3.75. The Morgan fingerprint density at radius 1 is 1.16 bits per heavy atom. The van der Waals surface area contributed by atoms with Crippen LogP contribution in [0.25, 0.3) is 11.3 Å². The van der Waals surface area contributed by atoms with E-state index >= 15 is 0 Å². The minimum Gasteiger partial charge on any atom is -0.316 e. The first kappa shape index (κ1) is 15.1. The Morgan fingerprint density at radius 2 is 2.08 bits per heavy atom. The summed E-state index contributed by atoms with van der Waals surface area (Å²) in [5, 5.41) is 9.08. The van der Waals surface area contributed by atoms with Crippen LogP contribution in [0.15, 0.2) is 54.9 Å². The maximum Gasteiger partial charge on any atom is 0.279 e. The molecule has 0 atom stereocenters. The number of amides is 1. The third-order valence-electron chi connectivity index (χ3n) is 4.19. The summed E-state index contributed by atoms with van der Waals surface area (Å²) >= 11 is 0. The second-order valence-corrected chi connectivity index (χ2v) is 5.84. The highest BCUT2D eigenvalue weighted by Gasteiger charge is 2.27. The van der Waals surface area contributed by atoms with Gasteiger partial charge in [-0.15, -0.1) is 0 Å². The summed E-state index contributed by atoms with van der Waals surface area (Å²) in [4.78, 5) is 23.3. The van der Waals surface area contributed by atoms with Crippen LogP contribution in [0, 0.1) is 11.3 Å². The van der Waals surface area contributed by atoms with E-state index in [-0.39, 0.29) is 5.91 Å². The molecule has 1 amide bonds. The predicted molar refractivity (Wildman–Crippen MR) is 92.9 cm³/mol. The molecule has 2 aromatic heterocycles. The van der Waals surface area contributed by atoms with Gasteiger partial charge in [0, 0.05) is 31.0 Å². The van der Waals surface area contributed by atoms with E-state index in [4.69, 9.17) is 5.26 Å². The van der Waals surface area contributed by atoms with Crippen molar-refractivity contribution < 1.29 is 4.79 Å². The summed E-state index contributed by atoms with van der Waals surface area (Å²) in [5.41, 5.74) is 2.62. The maximum atomic E-state index is 12.8. The zero-order valence-electron chi connectivity index (χ0n) is 13.5. The van der Waals surface area contributed by atoms with Crippen LogP contribution in [0.2, 0.25) is 0 Å². The van der Waals surface area contributed by atoms with Crippen LogP contribution < -0.4 is 4.90 Å². The van der Waals surface area contributed by atoms with Gasteiger partial charge in [0.05, 0.1) is 17.3 Å². The lowest BCUT2D eigenvalue weighted by atomic mass is 10.1. The van der Waals surface area contributed by atoms with Crippen LogP contribution >= 0.6 is 0 Å². The van der Waals surface area contributed by atoms with E-state index in [1.807, 2.05) is 22.9 Å². The topological polar surface area (TPSA) is 74.8 Å². The SMILES string of the molecule is N#Cc1cccc(-c2cn3c(n2)N(C(=O)c2ccccn2)CCC3)c1. The summed E-state index contributed by atoms with van der Waals surface area (Å²) < 4.78 is 1.98. The lowest BCUT2D eigenvalue weighted by Gasteiger charge is -2.26. The van der Waals surface area contributed by atoms with Gasteiger partial charge in [0.25, 0.3) is 5.91 Å². The fourth-order valence-corrected chi connectivity index (χ4v) is 2.99. The van der Waals surface area contributed by atoms with Crippen molar-refractivity contribution in [1.29, 1.82) is 5.26 Å². The Hall–Kier alpha value is -3.46. The van der Waals surface area contributed by atoms with Gasteiger partial charge in [0.1, 0.15) is 5.69 Å². The summed E-state index contributed by atoms with van der Waals surface area (Å²) in [6.45, 7) is 1.43. The second kappa shape index (κ2) is 6.21. The molecule has 0 saturated heterocycles. The standard InChI is InChI=1S/C19H15N5O/c20-12-14-5-3-6-15(11-14)17-13-23-9-4-10-24(19(23)22-17)18(25)16-7-1-2-8-21-16/h1-3,5-8,11,13H,4,9-10H2. The molecule has 1 aliphatic rings. The lowest BCUT2D eigenvalue weighted by molar-refractivity contribution is 0.0976. The first-order valence-corrected chi connectivity index (χ1v) is 8.07. The number of anilines is 1. The molecule has 0 unspecified atom stereocenters. The van der Waals surface area contributed by atoms with Crippen LogP contribution in [0.5, 0.6) is 0 Å². The molecule has 4 rings (SSSR count). The minimum atomic E-state index is -0.149. The molecule has 0 aliphatic carbocycles. The van der Waals surface area contributed by atoms with Crippen molar-refractivity contribution >= 4 is 11.9 Å². The van der Waals surface area contributed by atoms with Crippen LogP contribution in [0.3, 0.4) is 0 Å². The normalized spacial score (nSPS) is 13.2. The Morgan fingerprint density at radius 3 is 2.88 bits per heavy atom. The molecule has 0 radical (unpaired) electrons. The highest BCUT2D eigenvalue weighted by atomic mass is 16.2. The van der Waals surface area contributed by atoms with Gasteiger partial charge >= 0.3 is 0 Å². The average molecular weight is 329 g/mol. The first-order chi connectivity index (χ1) is 12.3. The van der Waals surface area contributed by atoms with Crippen LogP contribution in [0.1, 0.15) is 22.5 Å². The number of imidazole rings is 1. The molecule has 0 spiro atoms. The number of rotatable bonds is 2. The molecule has 3 aromatic rings. The molecule has 0 N–H and O–H groups in total. The molecule has 6 nitrogen and oxygen atoms in total. The summed E-state index contributed by atoms with van der Waals surface area (Å²) in [6, 6.07) is 14.8. The van der Waals surface area contributed by atoms with E-state index in [9.17, 15) is 4.79 Å². The van der Waals surface area contributed by atoms with E-state index in [1.54, 1.807) is 41.4 Å². The number of benzene rings is 1. The van der Waals surface area contributed by atoms with Crippen molar-refractivity contribution in [3.05, 3.63) is 66.1 Å². The number of nitriles is 1. The molecular weight excluding hydrogens is 314 g/mol. The zero-order valence-corrected chi connectivity index (χ0v) is 13.5. The van der Waals surface area contributed by atoms with Crippen LogP contribution in [-0.2, 0) is 6.54 Å². The number of nitrogens with zero attached hydrogens (tertiary/aromatic N) is 5. The Labute approximate surface area is 145 Å². The van der Waals surface area contributed by atoms with Crippen molar-refractivity contribution in [3.8, 4) is 17.3 Å². The number of aromatic nitrogens is 3. The number of aryl methyl sites for hydroxylation is 1. The van der Waals surface area contributed by atoms with E-state index in [2.05, 4.69) is 16.0 Å². The number of fused-ring (bicyclic) bond motifs is 1. The third kappa shape index (κ3) is 2.76.